The van der Waals surface area contributed by atoms with Crippen LogP contribution in [0, 0.1) is 11.8 Å². The van der Waals surface area contributed by atoms with E-state index in [0.717, 1.165) is 41.9 Å². The number of likely N-dealkylation sites (tertiary alicyclic amines) is 1. The van der Waals surface area contributed by atoms with Crippen LogP contribution < -0.4 is 10.2 Å². The van der Waals surface area contributed by atoms with Crippen molar-refractivity contribution in [2.75, 3.05) is 26.2 Å². The lowest BCUT2D eigenvalue weighted by molar-refractivity contribution is -0.904. The van der Waals surface area contributed by atoms with Gasteiger partial charge in [-0.3, -0.25) is 4.79 Å². The van der Waals surface area contributed by atoms with Crippen LogP contribution in [0.3, 0.4) is 0 Å². The van der Waals surface area contributed by atoms with E-state index in [1.165, 1.54) is 11.3 Å². The summed E-state index contributed by atoms with van der Waals surface area (Å²) in [6, 6.07) is 7.80. The Morgan fingerprint density at radius 3 is 2.71 bits per heavy atom. The minimum atomic E-state index is 0.160. The van der Waals surface area contributed by atoms with Crippen molar-refractivity contribution in [3.8, 4) is 0 Å². The summed E-state index contributed by atoms with van der Waals surface area (Å²) in [4.78, 5) is 13.4. The van der Waals surface area contributed by atoms with Crippen LogP contribution in [-0.4, -0.2) is 32.1 Å². The Morgan fingerprint density at radius 2 is 2.05 bits per heavy atom. The van der Waals surface area contributed by atoms with Crippen LogP contribution in [0.2, 0.25) is 5.02 Å². The maximum Gasteiger partial charge on any atom is 0.275 e. The van der Waals surface area contributed by atoms with Gasteiger partial charge in [-0.05, 0) is 30.5 Å². The van der Waals surface area contributed by atoms with E-state index in [4.69, 9.17) is 11.6 Å². The Hall–Kier alpha value is -1.06. The summed E-state index contributed by atoms with van der Waals surface area (Å²) >= 11 is 5.95. The second-order valence-corrected chi connectivity index (χ2v) is 6.95. The second-order valence-electron chi connectivity index (χ2n) is 6.51. The topological polar surface area (TPSA) is 33.5 Å². The monoisotopic (exact) mass is 309 g/mol. The largest absolute Gasteiger partial charge is 0.351 e. The zero-order chi connectivity index (χ0) is 15.2. The third kappa shape index (κ3) is 5.68. The predicted molar refractivity (Wildman–Crippen MR) is 86.7 cm³/mol. The Kier molecular flexibility index (Phi) is 6.07. The van der Waals surface area contributed by atoms with Crippen molar-refractivity contribution in [3.63, 3.8) is 0 Å². The van der Waals surface area contributed by atoms with Crippen molar-refractivity contribution in [2.45, 2.75) is 26.7 Å². The van der Waals surface area contributed by atoms with Gasteiger partial charge in [-0.1, -0.05) is 37.6 Å². The molecule has 0 spiro atoms. The minimum Gasteiger partial charge on any atom is -0.351 e. The average Bonchev–Trinajstić information content (AvgIpc) is 2.37. The number of piperidine rings is 1. The number of halogens is 1. The van der Waals surface area contributed by atoms with Crippen molar-refractivity contribution in [2.24, 2.45) is 11.8 Å². The summed E-state index contributed by atoms with van der Waals surface area (Å²) < 4.78 is 0. The molecule has 4 heteroatoms. The molecule has 1 heterocycles. The van der Waals surface area contributed by atoms with Crippen molar-refractivity contribution in [1.29, 1.82) is 0 Å². The molecular weight excluding hydrogens is 284 g/mol. The van der Waals surface area contributed by atoms with Crippen LogP contribution in [0.25, 0.3) is 0 Å². The third-order valence-corrected chi connectivity index (χ3v) is 4.35. The highest BCUT2D eigenvalue weighted by atomic mass is 35.5. The molecule has 0 aromatic heterocycles. The van der Waals surface area contributed by atoms with Crippen LogP contribution in [0.1, 0.15) is 25.8 Å². The Morgan fingerprint density at radius 1 is 1.33 bits per heavy atom. The summed E-state index contributed by atoms with van der Waals surface area (Å²) in [6.07, 6.45) is 2.12. The van der Waals surface area contributed by atoms with E-state index in [9.17, 15) is 4.79 Å². The van der Waals surface area contributed by atoms with Gasteiger partial charge < -0.3 is 10.2 Å². The molecule has 0 radical (unpaired) electrons. The number of benzene rings is 1. The zero-order valence-electron chi connectivity index (χ0n) is 13.0. The first-order chi connectivity index (χ1) is 10.0. The van der Waals surface area contributed by atoms with E-state index < -0.39 is 0 Å². The molecule has 21 heavy (non-hydrogen) atoms. The van der Waals surface area contributed by atoms with Crippen LogP contribution in [0.15, 0.2) is 24.3 Å². The molecule has 1 aromatic carbocycles. The first kappa shape index (κ1) is 16.3. The van der Waals surface area contributed by atoms with Crippen molar-refractivity contribution in [3.05, 3.63) is 34.9 Å². The van der Waals surface area contributed by atoms with Crippen molar-refractivity contribution >= 4 is 17.5 Å². The average molecular weight is 310 g/mol. The first-order valence-electron chi connectivity index (χ1n) is 7.87. The van der Waals surface area contributed by atoms with E-state index >= 15 is 0 Å². The molecule has 3 nitrogen and oxygen atoms in total. The first-order valence-corrected chi connectivity index (χ1v) is 8.25. The Labute approximate surface area is 132 Å². The van der Waals surface area contributed by atoms with Gasteiger partial charge in [0.15, 0.2) is 6.54 Å². The standard InChI is InChI=1S/C17H25ClN2O/c1-13-8-14(2)11-20(10-13)12-17(21)19-7-6-15-4-3-5-16(18)9-15/h3-5,9,13-14H,6-8,10-12H2,1-2H3,(H,19,21)/p+1/t13-,14-/m1/s1. The van der Waals surface area contributed by atoms with E-state index in [2.05, 4.69) is 19.2 Å². The van der Waals surface area contributed by atoms with Gasteiger partial charge in [-0.25, -0.2) is 0 Å². The summed E-state index contributed by atoms with van der Waals surface area (Å²) in [5.74, 6) is 1.61. The van der Waals surface area contributed by atoms with Crippen molar-refractivity contribution in [1.82, 2.24) is 5.32 Å². The fourth-order valence-electron chi connectivity index (χ4n) is 3.40. The Bertz CT molecular complexity index is 468. The summed E-state index contributed by atoms with van der Waals surface area (Å²) in [6.45, 7) is 8.08. The van der Waals surface area contributed by atoms with Gasteiger partial charge in [-0.2, -0.15) is 0 Å². The molecule has 2 N–H and O–H groups in total. The van der Waals surface area contributed by atoms with Crippen molar-refractivity contribution < 1.29 is 9.69 Å². The summed E-state index contributed by atoms with van der Waals surface area (Å²) in [5.41, 5.74) is 1.16. The second kappa shape index (κ2) is 7.81. The molecule has 1 aliphatic rings. The van der Waals surface area contributed by atoms with Crippen LogP contribution in [0.5, 0.6) is 0 Å². The molecule has 116 valence electrons. The SMILES string of the molecule is C[C@@H]1C[C@@H](C)C[NH+](CC(=O)NCCc2cccc(Cl)c2)C1. The molecule has 2 atom stereocenters. The number of quaternary nitrogens is 1. The normalized spacial score (nSPS) is 25.6. The van der Waals surface area contributed by atoms with Gasteiger partial charge in [0.05, 0.1) is 13.1 Å². The highest BCUT2D eigenvalue weighted by molar-refractivity contribution is 6.30. The summed E-state index contributed by atoms with van der Waals surface area (Å²) in [7, 11) is 0. The van der Waals surface area contributed by atoms with Gasteiger partial charge in [-0.15, -0.1) is 0 Å². The maximum absolute atomic E-state index is 12.0. The zero-order valence-corrected chi connectivity index (χ0v) is 13.7. The predicted octanol–water partition coefficient (Wildman–Crippen LogP) is 1.56. The number of rotatable bonds is 5. The molecule has 0 unspecified atom stereocenters. The lowest BCUT2D eigenvalue weighted by Crippen LogP contribution is -3.15. The fraction of sp³-hybridized carbons (Fsp3) is 0.588. The maximum atomic E-state index is 12.0. The number of hydrogen-bond acceptors (Lipinski definition) is 1. The lowest BCUT2D eigenvalue weighted by atomic mass is 9.92. The van der Waals surface area contributed by atoms with Gasteiger partial charge in [0, 0.05) is 23.4 Å². The summed E-state index contributed by atoms with van der Waals surface area (Å²) in [5, 5.41) is 3.77. The number of amides is 1. The molecule has 1 fully saturated rings. The smallest absolute Gasteiger partial charge is 0.275 e. The highest BCUT2D eigenvalue weighted by Crippen LogP contribution is 2.12. The molecule has 0 aliphatic carbocycles. The molecule has 0 saturated carbocycles. The fourth-order valence-corrected chi connectivity index (χ4v) is 3.61. The van der Waals surface area contributed by atoms with Crippen LogP contribution in [-0.2, 0) is 11.2 Å². The van der Waals surface area contributed by atoms with E-state index in [1.54, 1.807) is 0 Å². The van der Waals surface area contributed by atoms with Gasteiger partial charge in [0.25, 0.3) is 5.91 Å². The molecule has 0 bridgehead atoms. The molecule has 1 aliphatic heterocycles. The highest BCUT2D eigenvalue weighted by Gasteiger charge is 2.26. The number of hydrogen-bond donors (Lipinski definition) is 2. The minimum absolute atomic E-state index is 0.160. The van der Waals surface area contributed by atoms with Gasteiger partial charge >= 0.3 is 0 Å². The number of carbonyl (C=O) groups is 1. The molecule has 1 aromatic rings. The van der Waals surface area contributed by atoms with Gasteiger partial charge in [0.2, 0.25) is 0 Å². The van der Waals surface area contributed by atoms with E-state index in [-0.39, 0.29) is 5.91 Å². The molecule has 1 saturated heterocycles. The molecular formula is C17H26ClN2O+. The molecule has 2 rings (SSSR count). The van der Waals surface area contributed by atoms with E-state index in [0.29, 0.717) is 13.1 Å². The Balaban J connectivity index is 1.70. The van der Waals surface area contributed by atoms with Gasteiger partial charge in [0.1, 0.15) is 0 Å². The number of nitrogens with one attached hydrogen (secondary N) is 2. The quantitative estimate of drug-likeness (QED) is 0.850. The van der Waals surface area contributed by atoms with Crippen LogP contribution in [0.4, 0.5) is 0 Å². The molecule has 1 amide bonds. The third-order valence-electron chi connectivity index (χ3n) is 4.11. The number of carbonyl (C=O) groups excluding carboxylic acids is 1. The lowest BCUT2D eigenvalue weighted by Gasteiger charge is -2.31. The van der Waals surface area contributed by atoms with Crippen LogP contribution >= 0.6 is 11.6 Å². The van der Waals surface area contributed by atoms with E-state index in [1.807, 2.05) is 24.3 Å².